The van der Waals surface area contributed by atoms with Crippen LogP contribution in [0.2, 0.25) is 0 Å². The van der Waals surface area contributed by atoms with Crippen molar-refractivity contribution in [2.75, 3.05) is 27.2 Å². The maximum absolute atomic E-state index is 12.2. The second-order valence-electron chi connectivity index (χ2n) is 6.31. The zero-order valence-corrected chi connectivity index (χ0v) is 14.1. The summed E-state index contributed by atoms with van der Waals surface area (Å²) >= 11 is 0. The minimum atomic E-state index is -0.310. The Balaban J connectivity index is 2.18. The van der Waals surface area contributed by atoms with Gasteiger partial charge in [0.2, 0.25) is 0 Å². The van der Waals surface area contributed by atoms with E-state index in [1.807, 2.05) is 31.2 Å². The molecule has 2 aliphatic heterocycles. The topological polar surface area (TPSA) is 41.6 Å². The maximum atomic E-state index is 12.2. The molecule has 0 radical (unpaired) electrons. The quantitative estimate of drug-likeness (QED) is 0.933. The fourth-order valence-corrected chi connectivity index (χ4v) is 3.74. The molecule has 2 heterocycles. The van der Waals surface area contributed by atoms with Gasteiger partial charge >= 0.3 is 0 Å². The summed E-state index contributed by atoms with van der Waals surface area (Å²) in [6, 6.07) is 3.96. The largest absolute Gasteiger partial charge is 0.373 e. The van der Waals surface area contributed by atoms with E-state index in [9.17, 15) is 4.79 Å². The number of rotatable bonds is 3. The first-order valence-corrected chi connectivity index (χ1v) is 8.08. The van der Waals surface area contributed by atoms with Crippen LogP contribution in [0.25, 0.3) is 11.8 Å². The lowest BCUT2D eigenvalue weighted by Crippen LogP contribution is -2.42. The van der Waals surface area contributed by atoms with Crippen LogP contribution in [-0.2, 0) is 10.3 Å². The highest BCUT2D eigenvalue weighted by Gasteiger charge is 2.39. The summed E-state index contributed by atoms with van der Waals surface area (Å²) in [6.07, 6.45) is 5.67. The number of carbonyl (C=O) groups is 1. The van der Waals surface area contributed by atoms with E-state index < -0.39 is 0 Å². The average molecular weight is 312 g/mol. The molecule has 0 unspecified atom stereocenters. The van der Waals surface area contributed by atoms with E-state index in [0.717, 1.165) is 53.9 Å². The van der Waals surface area contributed by atoms with Crippen molar-refractivity contribution in [2.45, 2.75) is 25.4 Å². The normalized spacial score (nSPS) is 22.0. The number of fused-ring (bicyclic) bond motifs is 1. The Morgan fingerprint density at radius 2 is 2.04 bits per heavy atom. The molecule has 0 bridgehead atoms. The summed E-state index contributed by atoms with van der Waals surface area (Å²) in [6.45, 7) is 7.93. The zero-order valence-electron chi connectivity index (χ0n) is 14.1. The molecule has 1 amide bonds. The Kier molecular flexibility index (Phi) is 4.13. The van der Waals surface area contributed by atoms with Gasteiger partial charge < -0.3 is 15.0 Å². The number of methoxy groups -OCH3 is 1. The Morgan fingerprint density at radius 1 is 1.35 bits per heavy atom. The van der Waals surface area contributed by atoms with Crippen molar-refractivity contribution < 1.29 is 9.53 Å². The highest BCUT2D eigenvalue weighted by molar-refractivity contribution is 6.10. The highest BCUT2D eigenvalue weighted by atomic mass is 16.5. The van der Waals surface area contributed by atoms with Gasteiger partial charge in [-0.05, 0) is 44.0 Å². The first-order valence-electron chi connectivity index (χ1n) is 8.08. The van der Waals surface area contributed by atoms with Crippen LogP contribution < -0.4 is 5.32 Å². The minimum Gasteiger partial charge on any atom is -0.373 e. The van der Waals surface area contributed by atoms with Crippen LogP contribution in [0.5, 0.6) is 0 Å². The number of amides is 1. The van der Waals surface area contributed by atoms with Crippen LogP contribution >= 0.6 is 0 Å². The van der Waals surface area contributed by atoms with E-state index in [2.05, 4.69) is 23.8 Å². The highest BCUT2D eigenvalue weighted by Crippen LogP contribution is 2.42. The third kappa shape index (κ3) is 2.42. The summed E-state index contributed by atoms with van der Waals surface area (Å²) in [7, 11) is 3.92. The summed E-state index contributed by atoms with van der Waals surface area (Å²) < 4.78 is 6.01. The Hall–Kier alpha value is -1.91. The predicted molar refractivity (Wildman–Crippen MR) is 93.1 cm³/mol. The van der Waals surface area contributed by atoms with E-state index in [1.54, 1.807) is 7.11 Å². The standard InChI is InChI=1S/C19H24N2O2/c1-5-13-15(19(23-4)9-11-21(3)12-10-19)8-7-14-17(13)16(6-2)20-18(14)22/h5-8H,1,9-12H2,2-4H3,(H,20,22)/b16-6+. The molecule has 0 saturated carbocycles. The second kappa shape index (κ2) is 5.95. The fourth-order valence-electron chi connectivity index (χ4n) is 3.74. The monoisotopic (exact) mass is 312 g/mol. The maximum Gasteiger partial charge on any atom is 0.256 e. The van der Waals surface area contributed by atoms with Gasteiger partial charge in [0, 0.05) is 37.0 Å². The lowest BCUT2D eigenvalue weighted by Gasteiger charge is -2.41. The van der Waals surface area contributed by atoms with E-state index >= 15 is 0 Å². The van der Waals surface area contributed by atoms with Gasteiger partial charge in [0.1, 0.15) is 0 Å². The number of benzene rings is 1. The third-order valence-corrected chi connectivity index (χ3v) is 5.18. The third-order valence-electron chi connectivity index (χ3n) is 5.18. The lowest BCUT2D eigenvalue weighted by molar-refractivity contribution is -0.0586. The molecule has 1 aromatic carbocycles. The molecular formula is C19H24N2O2. The Labute approximate surface area is 137 Å². The fraction of sp³-hybridized carbons (Fsp3) is 0.421. The van der Waals surface area contributed by atoms with E-state index in [0.29, 0.717) is 0 Å². The molecule has 1 aromatic rings. The summed E-state index contributed by atoms with van der Waals surface area (Å²) in [5.41, 5.74) is 4.38. The molecular weight excluding hydrogens is 288 g/mol. The number of piperidine rings is 1. The summed E-state index contributed by atoms with van der Waals surface area (Å²) in [5, 5.41) is 2.94. The van der Waals surface area contributed by atoms with Crippen LogP contribution in [0.3, 0.4) is 0 Å². The SMILES string of the molecule is C=Cc1c(C2(OC)CCN(C)CC2)ccc2c1/C(=C\C)NC2=O. The molecule has 23 heavy (non-hydrogen) atoms. The van der Waals surface area contributed by atoms with E-state index in [-0.39, 0.29) is 11.5 Å². The smallest absolute Gasteiger partial charge is 0.256 e. The number of nitrogens with zero attached hydrogens (tertiary/aromatic N) is 1. The molecule has 122 valence electrons. The molecule has 0 spiro atoms. The van der Waals surface area contributed by atoms with Crippen LogP contribution in [0, 0.1) is 0 Å². The number of carbonyl (C=O) groups excluding carboxylic acids is 1. The van der Waals surface area contributed by atoms with Crippen molar-refractivity contribution in [1.29, 1.82) is 0 Å². The summed E-state index contributed by atoms with van der Waals surface area (Å²) in [5.74, 6) is -0.0439. The first kappa shape index (κ1) is 16.0. The molecule has 0 aromatic heterocycles. The summed E-state index contributed by atoms with van der Waals surface area (Å²) in [4.78, 5) is 14.5. The van der Waals surface area contributed by atoms with Crippen LogP contribution in [0.4, 0.5) is 0 Å². The average Bonchev–Trinajstić information content (AvgIpc) is 2.91. The molecule has 0 aliphatic carbocycles. The molecule has 1 saturated heterocycles. The van der Waals surface area contributed by atoms with Gasteiger partial charge in [0.05, 0.1) is 5.60 Å². The van der Waals surface area contributed by atoms with Gasteiger partial charge in [-0.2, -0.15) is 0 Å². The van der Waals surface area contributed by atoms with Crippen LogP contribution in [0.1, 0.15) is 46.8 Å². The number of likely N-dealkylation sites (tertiary alicyclic amines) is 1. The minimum absolute atomic E-state index is 0.0439. The number of allylic oxidation sites excluding steroid dienone is 1. The molecule has 4 nitrogen and oxygen atoms in total. The van der Waals surface area contributed by atoms with Crippen molar-refractivity contribution in [2.24, 2.45) is 0 Å². The Morgan fingerprint density at radius 3 is 2.61 bits per heavy atom. The first-order chi connectivity index (χ1) is 11.1. The predicted octanol–water partition coefficient (Wildman–Crippen LogP) is 3.00. The number of ether oxygens (including phenoxy) is 1. The van der Waals surface area contributed by atoms with Gasteiger partial charge in [-0.15, -0.1) is 0 Å². The van der Waals surface area contributed by atoms with Crippen LogP contribution in [0.15, 0.2) is 24.8 Å². The lowest BCUT2D eigenvalue weighted by atomic mass is 9.79. The van der Waals surface area contributed by atoms with E-state index in [1.165, 1.54) is 0 Å². The van der Waals surface area contributed by atoms with Crippen molar-refractivity contribution in [3.63, 3.8) is 0 Å². The van der Waals surface area contributed by atoms with Crippen molar-refractivity contribution in [1.82, 2.24) is 10.2 Å². The van der Waals surface area contributed by atoms with Gasteiger partial charge in [-0.25, -0.2) is 0 Å². The molecule has 4 heteroatoms. The van der Waals surface area contributed by atoms with Gasteiger partial charge in [0.15, 0.2) is 0 Å². The molecule has 3 rings (SSSR count). The van der Waals surface area contributed by atoms with Crippen LogP contribution in [-0.4, -0.2) is 38.1 Å². The molecule has 1 fully saturated rings. The molecule has 1 N–H and O–H groups in total. The van der Waals surface area contributed by atoms with E-state index in [4.69, 9.17) is 4.74 Å². The van der Waals surface area contributed by atoms with Gasteiger partial charge in [0.25, 0.3) is 5.91 Å². The van der Waals surface area contributed by atoms with Crippen molar-refractivity contribution in [3.8, 4) is 0 Å². The molecule has 2 aliphatic rings. The molecule has 0 atom stereocenters. The number of hydrogen-bond donors (Lipinski definition) is 1. The van der Waals surface area contributed by atoms with Crippen molar-refractivity contribution >= 4 is 17.7 Å². The zero-order chi connectivity index (χ0) is 16.6. The van der Waals surface area contributed by atoms with Crippen molar-refractivity contribution in [3.05, 3.63) is 47.0 Å². The number of nitrogens with one attached hydrogen (secondary N) is 1. The van der Waals surface area contributed by atoms with Gasteiger partial charge in [-0.3, -0.25) is 4.79 Å². The van der Waals surface area contributed by atoms with Gasteiger partial charge in [-0.1, -0.05) is 24.8 Å². The second-order valence-corrected chi connectivity index (χ2v) is 6.31. The Bertz CT molecular complexity index is 683. The number of hydrogen-bond acceptors (Lipinski definition) is 3.